The van der Waals surface area contributed by atoms with Crippen molar-refractivity contribution in [1.29, 1.82) is 5.26 Å². The number of nitrogens with zero attached hydrogens (tertiary/aromatic N) is 4. The number of hydrogen-bond donors (Lipinski definition) is 2. The Bertz CT molecular complexity index is 964. The van der Waals surface area contributed by atoms with E-state index in [2.05, 4.69) is 4.98 Å². The predicted molar refractivity (Wildman–Crippen MR) is 86.6 cm³/mol. The smallest absolute Gasteiger partial charge is 0.357 e. The van der Waals surface area contributed by atoms with Crippen LogP contribution in [0, 0.1) is 11.3 Å². The quantitative estimate of drug-likeness (QED) is 0.692. The molecule has 3 N–H and O–H groups in total. The lowest BCUT2D eigenvalue weighted by Crippen LogP contribution is -2.11. The largest absolute Gasteiger partial charge is 0.464 e. The molecule has 0 unspecified atom stereocenters. The minimum absolute atomic E-state index is 0.0133. The number of fused-ring (bicyclic) bond motifs is 1. The SMILES string of the molecule is COC(=O)c1c(N)c(C#N)cn1-c1ccc2c(c1)ncn2CCO. The number of esters is 1. The highest BCUT2D eigenvalue weighted by Crippen LogP contribution is 2.26. The molecule has 2 heterocycles. The highest BCUT2D eigenvalue weighted by atomic mass is 16.5. The number of aliphatic hydroxyl groups excluding tert-OH is 1. The van der Waals surface area contributed by atoms with E-state index in [1.807, 2.05) is 16.7 Å². The molecule has 0 aliphatic carbocycles. The van der Waals surface area contributed by atoms with Crippen LogP contribution in [-0.2, 0) is 11.3 Å². The summed E-state index contributed by atoms with van der Waals surface area (Å²) < 4.78 is 8.11. The molecule has 0 radical (unpaired) electrons. The highest BCUT2D eigenvalue weighted by Gasteiger charge is 2.22. The Morgan fingerprint density at radius 1 is 1.50 bits per heavy atom. The second kappa shape index (κ2) is 6.06. The average Bonchev–Trinajstić information content (AvgIpc) is 3.15. The first-order valence-electron chi connectivity index (χ1n) is 7.16. The van der Waals surface area contributed by atoms with Gasteiger partial charge >= 0.3 is 5.97 Å². The van der Waals surface area contributed by atoms with Crippen LogP contribution in [0.25, 0.3) is 16.7 Å². The standard InChI is InChI=1S/C16H15N5O3/c1-24-16(23)15-14(18)10(7-17)8-21(15)11-2-3-13-12(6-11)19-9-20(13)4-5-22/h2-3,6,8-9,22H,4-5,18H2,1H3. The van der Waals surface area contributed by atoms with E-state index < -0.39 is 5.97 Å². The Morgan fingerprint density at radius 2 is 2.29 bits per heavy atom. The number of ether oxygens (including phenoxy) is 1. The fourth-order valence-corrected chi connectivity index (χ4v) is 2.61. The second-order valence-corrected chi connectivity index (χ2v) is 5.11. The molecule has 0 bridgehead atoms. The first-order chi connectivity index (χ1) is 11.6. The molecule has 0 atom stereocenters. The van der Waals surface area contributed by atoms with Crippen LogP contribution in [0.5, 0.6) is 0 Å². The first-order valence-corrected chi connectivity index (χ1v) is 7.16. The molecule has 3 rings (SSSR count). The Kier molecular flexibility index (Phi) is 3.93. The molecule has 0 amide bonds. The molecule has 0 aliphatic heterocycles. The van der Waals surface area contributed by atoms with Gasteiger partial charge in [-0.05, 0) is 18.2 Å². The molecule has 0 spiro atoms. The lowest BCUT2D eigenvalue weighted by atomic mass is 10.2. The van der Waals surface area contributed by atoms with E-state index in [0.29, 0.717) is 17.7 Å². The third-order valence-electron chi connectivity index (χ3n) is 3.77. The van der Waals surface area contributed by atoms with Crippen molar-refractivity contribution >= 4 is 22.7 Å². The molecule has 8 nitrogen and oxygen atoms in total. The van der Waals surface area contributed by atoms with Crippen LogP contribution in [0.3, 0.4) is 0 Å². The number of carbonyl (C=O) groups excluding carboxylic acids is 1. The van der Waals surface area contributed by atoms with Gasteiger partial charge in [0.25, 0.3) is 0 Å². The summed E-state index contributed by atoms with van der Waals surface area (Å²) in [5, 5.41) is 18.2. The van der Waals surface area contributed by atoms with Crippen molar-refractivity contribution in [2.24, 2.45) is 0 Å². The van der Waals surface area contributed by atoms with Crippen LogP contribution in [0.4, 0.5) is 5.69 Å². The molecule has 0 saturated carbocycles. The number of nitriles is 1. The molecule has 0 fully saturated rings. The van der Waals surface area contributed by atoms with Crippen LogP contribution in [0.2, 0.25) is 0 Å². The monoisotopic (exact) mass is 325 g/mol. The number of aromatic nitrogens is 3. The summed E-state index contributed by atoms with van der Waals surface area (Å²) >= 11 is 0. The van der Waals surface area contributed by atoms with Crippen molar-refractivity contribution in [3.8, 4) is 11.8 Å². The lowest BCUT2D eigenvalue weighted by Gasteiger charge is -2.09. The molecule has 8 heteroatoms. The molecular formula is C16H15N5O3. The van der Waals surface area contributed by atoms with E-state index in [9.17, 15) is 4.79 Å². The van der Waals surface area contributed by atoms with Gasteiger partial charge in [0.15, 0.2) is 5.69 Å². The number of carbonyl (C=O) groups is 1. The van der Waals surface area contributed by atoms with E-state index in [-0.39, 0.29) is 23.6 Å². The summed E-state index contributed by atoms with van der Waals surface area (Å²) in [5.41, 5.74) is 8.45. The Labute approximate surface area is 137 Å². The number of nitrogens with two attached hydrogens (primary N) is 1. The summed E-state index contributed by atoms with van der Waals surface area (Å²) in [6.07, 6.45) is 3.13. The van der Waals surface area contributed by atoms with Crippen LogP contribution in [0.1, 0.15) is 16.1 Å². The fraction of sp³-hybridized carbons (Fsp3) is 0.188. The summed E-state index contributed by atoms with van der Waals surface area (Å²) in [4.78, 5) is 16.3. The van der Waals surface area contributed by atoms with Gasteiger partial charge < -0.3 is 24.7 Å². The van der Waals surface area contributed by atoms with Gasteiger partial charge in [0.05, 0.1) is 42.3 Å². The zero-order chi connectivity index (χ0) is 17.3. The Hall–Kier alpha value is -3.31. The van der Waals surface area contributed by atoms with Crippen molar-refractivity contribution in [3.05, 3.63) is 42.0 Å². The van der Waals surface area contributed by atoms with Crippen LogP contribution in [-0.4, -0.2) is 38.9 Å². The van der Waals surface area contributed by atoms with Gasteiger partial charge in [0.1, 0.15) is 6.07 Å². The maximum absolute atomic E-state index is 12.0. The van der Waals surface area contributed by atoms with E-state index in [4.69, 9.17) is 20.8 Å². The summed E-state index contributed by atoms with van der Waals surface area (Å²) in [5.74, 6) is -0.625. The Balaban J connectivity index is 2.17. The lowest BCUT2D eigenvalue weighted by molar-refractivity contribution is 0.0593. The highest BCUT2D eigenvalue weighted by molar-refractivity contribution is 5.96. The van der Waals surface area contributed by atoms with E-state index >= 15 is 0 Å². The maximum atomic E-state index is 12.0. The van der Waals surface area contributed by atoms with Crippen molar-refractivity contribution < 1.29 is 14.6 Å². The predicted octanol–water partition coefficient (Wildman–Crippen LogP) is 1.06. The molecule has 2 aromatic heterocycles. The van der Waals surface area contributed by atoms with Crippen molar-refractivity contribution in [2.45, 2.75) is 6.54 Å². The second-order valence-electron chi connectivity index (χ2n) is 5.11. The van der Waals surface area contributed by atoms with Gasteiger partial charge in [-0.15, -0.1) is 0 Å². The number of nitrogen functional groups attached to an aromatic ring is 1. The first kappa shape index (κ1) is 15.6. The zero-order valence-electron chi connectivity index (χ0n) is 12.9. The summed E-state index contributed by atoms with van der Waals surface area (Å²) in [7, 11) is 1.25. The van der Waals surface area contributed by atoms with Gasteiger partial charge in [-0.25, -0.2) is 9.78 Å². The normalized spacial score (nSPS) is 10.7. The fourth-order valence-electron chi connectivity index (χ4n) is 2.61. The molecule has 0 aliphatic rings. The average molecular weight is 325 g/mol. The summed E-state index contributed by atoms with van der Waals surface area (Å²) in [6.45, 7) is 0.456. The third kappa shape index (κ3) is 2.37. The van der Waals surface area contributed by atoms with E-state index in [1.165, 1.54) is 17.9 Å². The summed E-state index contributed by atoms with van der Waals surface area (Å²) in [6, 6.07) is 7.35. The van der Waals surface area contributed by atoms with Crippen molar-refractivity contribution in [1.82, 2.24) is 14.1 Å². The third-order valence-corrected chi connectivity index (χ3v) is 3.77. The zero-order valence-corrected chi connectivity index (χ0v) is 12.9. The van der Waals surface area contributed by atoms with E-state index in [0.717, 1.165) is 5.52 Å². The van der Waals surface area contributed by atoms with E-state index in [1.54, 1.807) is 18.5 Å². The number of hydrogen-bond acceptors (Lipinski definition) is 6. The minimum atomic E-state index is -0.625. The molecular weight excluding hydrogens is 310 g/mol. The number of aliphatic hydroxyl groups is 1. The van der Waals surface area contributed by atoms with Crippen LogP contribution >= 0.6 is 0 Å². The minimum Gasteiger partial charge on any atom is -0.464 e. The van der Waals surface area contributed by atoms with Crippen molar-refractivity contribution in [2.75, 3.05) is 19.5 Å². The molecule has 122 valence electrons. The molecule has 1 aromatic carbocycles. The van der Waals surface area contributed by atoms with Crippen LogP contribution < -0.4 is 5.73 Å². The number of benzene rings is 1. The molecule has 24 heavy (non-hydrogen) atoms. The number of methoxy groups -OCH3 is 1. The molecule has 3 aromatic rings. The van der Waals surface area contributed by atoms with Gasteiger partial charge in [-0.3, -0.25) is 0 Å². The number of imidazole rings is 1. The van der Waals surface area contributed by atoms with Crippen molar-refractivity contribution in [3.63, 3.8) is 0 Å². The topological polar surface area (TPSA) is 119 Å². The number of rotatable bonds is 4. The maximum Gasteiger partial charge on any atom is 0.357 e. The van der Waals surface area contributed by atoms with Gasteiger partial charge in [0, 0.05) is 18.4 Å². The van der Waals surface area contributed by atoms with Gasteiger partial charge in [0.2, 0.25) is 0 Å². The molecule has 0 saturated heterocycles. The Morgan fingerprint density at radius 3 is 2.96 bits per heavy atom. The van der Waals surface area contributed by atoms with Gasteiger partial charge in [-0.2, -0.15) is 5.26 Å². The van der Waals surface area contributed by atoms with Gasteiger partial charge in [-0.1, -0.05) is 0 Å². The van der Waals surface area contributed by atoms with Crippen LogP contribution in [0.15, 0.2) is 30.7 Å². The number of anilines is 1.